The molecule has 0 spiro atoms. The van der Waals surface area contributed by atoms with Gasteiger partial charge in [0.15, 0.2) is 5.82 Å². The molecule has 22 heavy (non-hydrogen) atoms. The van der Waals surface area contributed by atoms with E-state index in [1.807, 2.05) is 6.07 Å². The molecule has 0 saturated carbocycles. The third-order valence-corrected chi connectivity index (χ3v) is 3.73. The van der Waals surface area contributed by atoms with Crippen LogP contribution in [-0.2, 0) is 6.54 Å². The van der Waals surface area contributed by atoms with Crippen LogP contribution in [0.2, 0.25) is 0 Å². The highest BCUT2D eigenvalue weighted by molar-refractivity contribution is 5.88. The molecule has 1 aromatic heterocycles. The Kier molecular flexibility index (Phi) is 4.39. The molecule has 0 unspecified atom stereocenters. The lowest BCUT2D eigenvalue weighted by Crippen LogP contribution is -2.39. The van der Waals surface area contributed by atoms with Gasteiger partial charge in [0.2, 0.25) is 0 Å². The summed E-state index contributed by atoms with van der Waals surface area (Å²) in [5, 5.41) is 9.40. The Labute approximate surface area is 129 Å². The number of carbonyl (C=O) groups is 1. The number of hydrogen-bond acceptors (Lipinski definition) is 4. The van der Waals surface area contributed by atoms with E-state index in [0.717, 1.165) is 26.1 Å². The van der Waals surface area contributed by atoms with E-state index in [1.165, 1.54) is 5.56 Å². The molecular formula is C16H20N4O2. The second-order valence-corrected chi connectivity index (χ2v) is 5.63. The normalized spacial score (nSPS) is 18.3. The third-order valence-electron chi connectivity index (χ3n) is 3.73. The molecule has 1 aliphatic rings. The predicted octanol–water partition coefficient (Wildman–Crippen LogP) is 2.38. The average Bonchev–Trinajstić information content (AvgIpc) is 3.09. The SMILES string of the molecule is Cc1cc(NC(=O)N[C@@H]2CCN(Cc3ccccc3)C2)no1. The van der Waals surface area contributed by atoms with Gasteiger partial charge in [-0.1, -0.05) is 35.5 Å². The predicted molar refractivity (Wildman–Crippen MR) is 83.5 cm³/mol. The van der Waals surface area contributed by atoms with Crippen molar-refractivity contribution in [2.75, 3.05) is 18.4 Å². The van der Waals surface area contributed by atoms with Gasteiger partial charge in [-0.2, -0.15) is 0 Å². The highest BCUT2D eigenvalue weighted by atomic mass is 16.5. The lowest BCUT2D eigenvalue weighted by atomic mass is 10.2. The molecule has 2 amide bonds. The molecule has 6 heteroatoms. The van der Waals surface area contributed by atoms with E-state index in [9.17, 15) is 4.79 Å². The summed E-state index contributed by atoms with van der Waals surface area (Å²) in [6, 6.07) is 12.0. The van der Waals surface area contributed by atoms with Gasteiger partial charge in [-0.15, -0.1) is 0 Å². The molecule has 0 radical (unpaired) electrons. The molecule has 6 nitrogen and oxygen atoms in total. The van der Waals surface area contributed by atoms with Crippen LogP contribution < -0.4 is 10.6 Å². The van der Waals surface area contributed by atoms with Crippen molar-refractivity contribution in [1.29, 1.82) is 0 Å². The first-order chi connectivity index (χ1) is 10.7. The average molecular weight is 300 g/mol. The van der Waals surface area contributed by atoms with Crippen LogP contribution in [0.25, 0.3) is 0 Å². The number of urea groups is 1. The lowest BCUT2D eigenvalue weighted by Gasteiger charge is -2.16. The first kappa shape index (κ1) is 14.6. The van der Waals surface area contributed by atoms with Gasteiger partial charge in [-0.25, -0.2) is 4.79 Å². The van der Waals surface area contributed by atoms with E-state index in [0.29, 0.717) is 11.6 Å². The largest absolute Gasteiger partial charge is 0.360 e. The maximum Gasteiger partial charge on any atom is 0.320 e. The third kappa shape index (κ3) is 3.85. The molecule has 1 fully saturated rings. The maximum absolute atomic E-state index is 11.9. The Balaban J connectivity index is 1.45. The first-order valence-electron chi connectivity index (χ1n) is 7.46. The topological polar surface area (TPSA) is 70.4 Å². The summed E-state index contributed by atoms with van der Waals surface area (Å²) in [5.74, 6) is 1.11. The summed E-state index contributed by atoms with van der Waals surface area (Å²) in [6.07, 6.45) is 0.956. The van der Waals surface area contributed by atoms with Crippen LogP contribution in [0.4, 0.5) is 10.6 Å². The van der Waals surface area contributed by atoms with Crippen molar-refractivity contribution >= 4 is 11.8 Å². The summed E-state index contributed by atoms with van der Waals surface area (Å²) in [6.45, 7) is 4.56. The van der Waals surface area contributed by atoms with Crippen LogP contribution in [0.1, 0.15) is 17.7 Å². The smallest absolute Gasteiger partial charge is 0.320 e. The number of carbonyl (C=O) groups excluding carboxylic acids is 1. The second-order valence-electron chi connectivity index (χ2n) is 5.63. The molecule has 0 aliphatic carbocycles. The Morgan fingerprint density at radius 3 is 2.95 bits per heavy atom. The minimum absolute atomic E-state index is 0.164. The van der Waals surface area contributed by atoms with E-state index in [2.05, 4.69) is 45.0 Å². The molecule has 1 aliphatic heterocycles. The molecule has 116 valence electrons. The number of hydrogen-bond donors (Lipinski definition) is 2. The minimum atomic E-state index is -0.236. The Morgan fingerprint density at radius 1 is 1.41 bits per heavy atom. The zero-order valence-corrected chi connectivity index (χ0v) is 12.6. The van der Waals surface area contributed by atoms with Crippen molar-refractivity contribution in [2.24, 2.45) is 0 Å². The quantitative estimate of drug-likeness (QED) is 0.909. The Hall–Kier alpha value is -2.34. The fourth-order valence-electron chi connectivity index (χ4n) is 2.70. The number of rotatable bonds is 4. The number of benzene rings is 1. The number of nitrogens with one attached hydrogen (secondary N) is 2. The molecule has 0 bridgehead atoms. The standard InChI is InChI=1S/C16H20N4O2/c1-12-9-15(19-22-12)18-16(21)17-14-7-8-20(11-14)10-13-5-3-2-4-6-13/h2-6,9,14H,7-8,10-11H2,1H3,(H2,17,18,19,21)/t14-/m1/s1. The fraction of sp³-hybridized carbons (Fsp3) is 0.375. The lowest BCUT2D eigenvalue weighted by molar-refractivity contribution is 0.247. The van der Waals surface area contributed by atoms with E-state index in [4.69, 9.17) is 4.52 Å². The van der Waals surface area contributed by atoms with Crippen LogP contribution >= 0.6 is 0 Å². The zero-order chi connectivity index (χ0) is 15.4. The van der Waals surface area contributed by atoms with Crippen molar-refractivity contribution in [3.63, 3.8) is 0 Å². The van der Waals surface area contributed by atoms with Gasteiger partial charge in [-0.3, -0.25) is 10.2 Å². The van der Waals surface area contributed by atoms with Gasteiger partial charge >= 0.3 is 6.03 Å². The number of nitrogens with zero attached hydrogens (tertiary/aromatic N) is 2. The molecular weight excluding hydrogens is 280 g/mol. The van der Waals surface area contributed by atoms with Crippen molar-refractivity contribution < 1.29 is 9.32 Å². The van der Waals surface area contributed by atoms with Crippen LogP contribution in [0.5, 0.6) is 0 Å². The monoisotopic (exact) mass is 300 g/mol. The Morgan fingerprint density at radius 2 is 2.23 bits per heavy atom. The van der Waals surface area contributed by atoms with Gasteiger partial charge < -0.3 is 9.84 Å². The molecule has 1 atom stereocenters. The van der Waals surface area contributed by atoms with Crippen LogP contribution in [0, 0.1) is 6.92 Å². The summed E-state index contributed by atoms with van der Waals surface area (Å²) >= 11 is 0. The van der Waals surface area contributed by atoms with Crippen LogP contribution in [-0.4, -0.2) is 35.2 Å². The number of aryl methyl sites for hydroxylation is 1. The van der Waals surface area contributed by atoms with E-state index >= 15 is 0 Å². The number of likely N-dealkylation sites (tertiary alicyclic amines) is 1. The van der Waals surface area contributed by atoms with Crippen molar-refractivity contribution in [2.45, 2.75) is 25.9 Å². The van der Waals surface area contributed by atoms with Gasteiger partial charge in [-0.05, 0) is 18.9 Å². The molecule has 2 heterocycles. The number of aromatic nitrogens is 1. The molecule has 2 aromatic rings. The van der Waals surface area contributed by atoms with E-state index in [-0.39, 0.29) is 12.1 Å². The zero-order valence-electron chi connectivity index (χ0n) is 12.6. The summed E-state index contributed by atoms with van der Waals surface area (Å²) < 4.78 is 4.92. The van der Waals surface area contributed by atoms with Gasteiger partial charge in [0.1, 0.15) is 5.76 Å². The van der Waals surface area contributed by atoms with Crippen LogP contribution in [0.15, 0.2) is 40.9 Å². The summed E-state index contributed by atoms with van der Waals surface area (Å²) in [4.78, 5) is 14.3. The van der Waals surface area contributed by atoms with E-state index < -0.39 is 0 Å². The molecule has 3 rings (SSSR count). The van der Waals surface area contributed by atoms with Crippen LogP contribution in [0.3, 0.4) is 0 Å². The number of amides is 2. The summed E-state index contributed by atoms with van der Waals surface area (Å²) in [7, 11) is 0. The minimum Gasteiger partial charge on any atom is -0.360 e. The van der Waals surface area contributed by atoms with Gasteiger partial charge in [0.25, 0.3) is 0 Å². The highest BCUT2D eigenvalue weighted by Gasteiger charge is 2.24. The fourth-order valence-corrected chi connectivity index (χ4v) is 2.70. The molecule has 1 saturated heterocycles. The van der Waals surface area contributed by atoms with Crippen molar-refractivity contribution in [1.82, 2.24) is 15.4 Å². The van der Waals surface area contributed by atoms with Crippen molar-refractivity contribution in [3.05, 3.63) is 47.7 Å². The van der Waals surface area contributed by atoms with Gasteiger partial charge in [0, 0.05) is 31.7 Å². The summed E-state index contributed by atoms with van der Waals surface area (Å²) in [5.41, 5.74) is 1.30. The number of anilines is 1. The Bertz CT molecular complexity index is 626. The second kappa shape index (κ2) is 6.62. The maximum atomic E-state index is 11.9. The highest BCUT2D eigenvalue weighted by Crippen LogP contribution is 2.14. The molecule has 1 aromatic carbocycles. The first-order valence-corrected chi connectivity index (χ1v) is 7.46. The van der Waals surface area contributed by atoms with Gasteiger partial charge in [0.05, 0.1) is 0 Å². The van der Waals surface area contributed by atoms with E-state index in [1.54, 1.807) is 13.0 Å². The van der Waals surface area contributed by atoms with Crippen molar-refractivity contribution in [3.8, 4) is 0 Å². The molecule has 2 N–H and O–H groups in total.